The molecule has 3 heteroatoms. The zero-order chi connectivity index (χ0) is 32.1. The van der Waals surface area contributed by atoms with Crippen LogP contribution >= 0.6 is 0 Å². The zero-order valence-corrected chi connectivity index (χ0v) is 26.2. The number of hydrogen-bond donors (Lipinski definition) is 0. The van der Waals surface area contributed by atoms with Crippen LogP contribution in [0.1, 0.15) is 0 Å². The van der Waals surface area contributed by atoms with Gasteiger partial charge in [0.15, 0.2) is 0 Å². The summed E-state index contributed by atoms with van der Waals surface area (Å²) in [5.41, 5.74) is 11.0. The van der Waals surface area contributed by atoms with Gasteiger partial charge in [-0.05, 0) is 68.6 Å². The highest BCUT2D eigenvalue weighted by Gasteiger charge is 2.22. The van der Waals surface area contributed by atoms with Crippen molar-refractivity contribution in [2.75, 3.05) is 0 Å². The molecule has 0 atom stereocenters. The van der Waals surface area contributed by atoms with Gasteiger partial charge in [-0.3, -0.25) is 0 Å². The van der Waals surface area contributed by atoms with Crippen molar-refractivity contribution in [1.82, 2.24) is 0 Å². The van der Waals surface area contributed by atoms with Crippen LogP contribution < -0.4 is 0 Å². The first-order valence-corrected chi connectivity index (χ1v) is 16.6. The summed E-state index contributed by atoms with van der Waals surface area (Å²) in [6.45, 7) is 0. The molecule has 0 fully saturated rings. The van der Waals surface area contributed by atoms with Crippen LogP contribution in [0.4, 0.5) is 0 Å². The van der Waals surface area contributed by atoms with E-state index in [2.05, 4.69) is 133 Å². The Morgan fingerprint density at radius 3 is 1.71 bits per heavy atom. The molecule has 3 nitrogen and oxygen atoms in total. The minimum Gasteiger partial charge on any atom is -0.464 e. The average Bonchev–Trinajstić information content (AvgIpc) is 3.87. The van der Waals surface area contributed by atoms with E-state index in [0.29, 0.717) is 0 Å². The summed E-state index contributed by atoms with van der Waals surface area (Å²) in [4.78, 5) is 0. The SMILES string of the molecule is c1ccc(-c2coc3ccc4c5cccc(-c6c7ccccc7c(-c7ccc8c(c7)oc7ccccc78)c7ccccc67)c5oc4c23)cc1. The van der Waals surface area contributed by atoms with E-state index >= 15 is 0 Å². The molecule has 0 saturated carbocycles. The van der Waals surface area contributed by atoms with Gasteiger partial charge in [-0.2, -0.15) is 0 Å². The van der Waals surface area contributed by atoms with Gasteiger partial charge < -0.3 is 13.3 Å². The molecule has 0 aliphatic heterocycles. The molecule has 3 aromatic heterocycles. The molecule has 228 valence electrons. The zero-order valence-electron chi connectivity index (χ0n) is 26.2. The molecule has 0 bridgehead atoms. The summed E-state index contributed by atoms with van der Waals surface area (Å²) in [5, 5.41) is 10.1. The first kappa shape index (κ1) is 26.5. The van der Waals surface area contributed by atoms with Crippen LogP contribution in [0.15, 0.2) is 171 Å². The van der Waals surface area contributed by atoms with E-state index in [9.17, 15) is 0 Å². The Morgan fingerprint density at radius 1 is 0.327 bits per heavy atom. The van der Waals surface area contributed by atoms with Crippen molar-refractivity contribution in [2.24, 2.45) is 0 Å². The van der Waals surface area contributed by atoms with E-state index < -0.39 is 0 Å². The Morgan fingerprint density at radius 2 is 0.939 bits per heavy atom. The molecule has 0 unspecified atom stereocenters. The third-order valence-corrected chi connectivity index (χ3v) is 10.2. The molecule has 49 heavy (non-hydrogen) atoms. The van der Waals surface area contributed by atoms with E-state index in [4.69, 9.17) is 13.3 Å². The number of fused-ring (bicyclic) bond motifs is 10. The summed E-state index contributed by atoms with van der Waals surface area (Å²) < 4.78 is 19.4. The second-order valence-corrected chi connectivity index (χ2v) is 12.8. The van der Waals surface area contributed by atoms with E-state index in [1.165, 1.54) is 27.1 Å². The predicted octanol–water partition coefficient (Wildman–Crippen LogP) is 13.5. The van der Waals surface area contributed by atoms with Crippen LogP contribution in [-0.4, -0.2) is 0 Å². The van der Waals surface area contributed by atoms with Gasteiger partial charge in [-0.15, -0.1) is 0 Å². The Bertz CT molecular complexity index is 3040. The quantitative estimate of drug-likeness (QED) is 0.183. The fraction of sp³-hybridized carbons (Fsp3) is 0. The third-order valence-electron chi connectivity index (χ3n) is 10.2. The topological polar surface area (TPSA) is 39.4 Å². The summed E-state index contributed by atoms with van der Waals surface area (Å²) in [6, 6.07) is 53.4. The molecule has 11 rings (SSSR count). The first-order valence-electron chi connectivity index (χ1n) is 16.6. The third kappa shape index (κ3) is 3.73. The maximum atomic E-state index is 6.99. The summed E-state index contributed by atoms with van der Waals surface area (Å²) >= 11 is 0. The summed E-state index contributed by atoms with van der Waals surface area (Å²) in [5.74, 6) is 0. The number of para-hydroxylation sites is 2. The van der Waals surface area contributed by atoms with Gasteiger partial charge in [0.05, 0.1) is 11.6 Å². The second kappa shape index (κ2) is 9.96. The minimum absolute atomic E-state index is 0.814. The summed E-state index contributed by atoms with van der Waals surface area (Å²) in [6.07, 6.45) is 1.84. The van der Waals surface area contributed by atoms with Crippen LogP contribution in [0.2, 0.25) is 0 Å². The van der Waals surface area contributed by atoms with Crippen LogP contribution in [0, 0.1) is 0 Å². The number of furan rings is 3. The van der Waals surface area contributed by atoms with Gasteiger partial charge in [0.25, 0.3) is 0 Å². The lowest BCUT2D eigenvalue weighted by Crippen LogP contribution is -1.91. The molecule has 8 aromatic carbocycles. The van der Waals surface area contributed by atoms with Crippen LogP contribution in [0.5, 0.6) is 0 Å². The first-order chi connectivity index (χ1) is 24.3. The lowest BCUT2D eigenvalue weighted by Gasteiger charge is -2.17. The normalized spacial score (nSPS) is 12.1. The molecule has 0 amide bonds. The largest absolute Gasteiger partial charge is 0.464 e. The van der Waals surface area contributed by atoms with E-state index in [1.54, 1.807) is 0 Å². The highest BCUT2D eigenvalue weighted by Crippen LogP contribution is 2.48. The minimum atomic E-state index is 0.814. The number of hydrogen-bond acceptors (Lipinski definition) is 3. The lowest BCUT2D eigenvalue weighted by molar-refractivity contribution is 0.616. The Hall–Kier alpha value is -6.58. The molecule has 0 aliphatic carbocycles. The van der Waals surface area contributed by atoms with Gasteiger partial charge in [0.2, 0.25) is 0 Å². The molecule has 0 aliphatic rings. The van der Waals surface area contributed by atoms with Crippen molar-refractivity contribution >= 4 is 76.4 Å². The lowest BCUT2D eigenvalue weighted by atomic mass is 9.85. The Kier molecular flexibility index (Phi) is 5.38. The van der Waals surface area contributed by atoms with Crippen LogP contribution in [-0.2, 0) is 0 Å². The van der Waals surface area contributed by atoms with E-state index in [-0.39, 0.29) is 0 Å². The molecule has 3 heterocycles. The fourth-order valence-electron chi connectivity index (χ4n) is 8.02. The van der Waals surface area contributed by atoms with Crippen molar-refractivity contribution in [2.45, 2.75) is 0 Å². The maximum Gasteiger partial charge on any atom is 0.147 e. The molecular weight excluding hydrogens is 601 g/mol. The molecule has 0 radical (unpaired) electrons. The van der Waals surface area contributed by atoms with Gasteiger partial charge in [-0.25, -0.2) is 0 Å². The molecule has 0 spiro atoms. The van der Waals surface area contributed by atoms with Crippen molar-refractivity contribution in [3.05, 3.63) is 158 Å². The Balaban J connectivity index is 1.21. The molecule has 11 aromatic rings. The number of benzene rings is 8. The van der Waals surface area contributed by atoms with Crippen molar-refractivity contribution in [3.8, 4) is 33.4 Å². The monoisotopic (exact) mass is 626 g/mol. The second-order valence-electron chi connectivity index (χ2n) is 12.8. The van der Waals surface area contributed by atoms with Crippen molar-refractivity contribution in [1.29, 1.82) is 0 Å². The van der Waals surface area contributed by atoms with E-state index in [1.807, 2.05) is 24.5 Å². The molecule has 0 saturated heterocycles. The van der Waals surface area contributed by atoms with Crippen LogP contribution in [0.25, 0.3) is 110 Å². The van der Waals surface area contributed by atoms with Gasteiger partial charge in [-0.1, -0.05) is 121 Å². The fourth-order valence-corrected chi connectivity index (χ4v) is 8.02. The van der Waals surface area contributed by atoms with Crippen molar-refractivity contribution in [3.63, 3.8) is 0 Å². The maximum absolute atomic E-state index is 6.99. The van der Waals surface area contributed by atoms with Crippen LogP contribution in [0.3, 0.4) is 0 Å². The standard InChI is InChI=1S/C46H26O3/c1-2-11-27(12-3-1)38-26-47-40-24-23-36-35-18-10-19-37(45(35)49-46(36)44(38)40)43-33-16-6-4-14-31(33)42(32-15-5-7-17-34(32)43)28-21-22-30-29-13-8-9-20-39(29)48-41(30)25-28/h1-26H. The Labute approximate surface area is 280 Å². The summed E-state index contributed by atoms with van der Waals surface area (Å²) in [7, 11) is 0. The van der Waals surface area contributed by atoms with Gasteiger partial charge in [0.1, 0.15) is 27.9 Å². The number of rotatable bonds is 3. The average molecular weight is 627 g/mol. The highest BCUT2D eigenvalue weighted by atomic mass is 16.3. The molecule has 0 N–H and O–H groups in total. The van der Waals surface area contributed by atoms with Crippen molar-refractivity contribution < 1.29 is 13.3 Å². The highest BCUT2D eigenvalue weighted by molar-refractivity contribution is 6.26. The van der Waals surface area contributed by atoms with Gasteiger partial charge >= 0.3 is 0 Å². The predicted molar refractivity (Wildman–Crippen MR) is 202 cm³/mol. The van der Waals surface area contributed by atoms with Gasteiger partial charge in [0, 0.05) is 38.2 Å². The van der Waals surface area contributed by atoms with E-state index in [0.717, 1.165) is 82.7 Å². The smallest absolute Gasteiger partial charge is 0.147 e. The molecular formula is C46H26O3.